The summed E-state index contributed by atoms with van der Waals surface area (Å²) in [6, 6.07) is 12.5. The summed E-state index contributed by atoms with van der Waals surface area (Å²) in [5, 5.41) is 6.34. The zero-order chi connectivity index (χ0) is 19.6. The number of nitrogens with one attached hydrogen (secondary N) is 2. The molecule has 27 heavy (non-hydrogen) atoms. The molecule has 7 heteroatoms. The molecular formula is C20H25FN4O2. The first-order chi connectivity index (χ1) is 13.0. The number of nitrogens with zero attached hydrogens (tertiary/aromatic N) is 1. The Morgan fingerprint density at radius 3 is 2.70 bits per heavy atom. The Balaban J connectivity index is 1.98. The van der Waals surface area contributed by atoms with Crippen molar-refractivity contribution in [1.29, 1.82) is 0 Å². The van der Waals surface area contributed by atoms with Gasteiger partial charge in [-0.3, -0.25) is 4.79 Å². The van der Waals surface area contributed by atoms with Crippen LogP contribution in [0, 0.1) is 12.7 Å². The molecule has 2 aromatic carbocycles. The van der Waals surface area contributed by atoms with Crippen molar-refractivity contribution in [3.63, 3.8) is 0 Å². The summed E-state index contributed by atoms with van der Waals surface area (Å²) >= 11 is 0. The molecule has 4 N–H and O–H groups in total. The van der Waals surface area contributed by atoms with E-state index >= 15 is 0 Å². The van der Waals surface area contributed by atoms with Gasteiger partial charge in [0.15, 0.2) is 12.6 Å². The average molecular weight is 372 g/mol. The van der Waals surface area contributed by atoms with Crippen LogP contribution in [0.4, 0.5) is 4.39 Å². The van der Waals surface area contributed by atoms with Crippen molar-refractivity contribution >= 4 is 11.9 Å². The largest absolute Gasteiger partial charge is 0.484 e. The Bertz CT molecular complexity index is 808. The molecular weight excluding hydrogens is 347 g/mol. The summed E-state index contributed by atoms with van der Waals surface area (Å²) in [5.74, 6) is 0.449. The molecule has 0 fully saturated rings. The van der Waals surface area contributed by atoms with E-state index in [0.29, 0.717) is 36.9 Å². The molecule has 0 aliphatic carbocycles. The molecule has 0 bridgehead atoms. The molecule has 0 atom stereocenters. The molecule has 0 unspecified atom stereocenters. The second-order valence-electron chi connectivity index (χ2n) is 6.03. The maximum atomic E-state index is 13.7. The number of hydrogen-bond donors (Lipinski definition) is 3. The van der Waals surface area contributed by atoms with Crippen LogP contribution in [0.3, 0.4) is 0 Å². The van der Waals surface area contributed by atoms with Crippen LogP contribution in [-0.4, -0.2) is 25.0 Å². The van der Waals surface area contributed by atoms with Crippen molar-refractivity contribution in [1.82, 2.24) is 10.6 Å². The highest BCUT2D eigenvalue weighted by Gasteiger charge is 2.03. The summed E-state index contributed by atoms with van der Waals surface area (Å²) in [6.07, 6.45) is 0. The summed E-state index contributed by atoms with van der Waals surface area (Å²) in [4.78, 5) is 15.3. The highest BCUT2D eigenvalue weighted by molar-refractivity contribution is 5.79. The van der Waals surface area contributed by atoms with E-state index in [-0.39, 0.29) is 12.4 Å². The lowest BCUT2D eigenvalue weighted by atomic mass is 10.1. The third kappa shape index (κ3) is 6.97. The second kappa shape index (κ2) is 10.2. The van der Waals surface area contributed by atoms with Crippen LogP contribution in [0.2, 0.25) is 0 Å². The van der Waals surface area contributed by atoms with Gasteiger partial charge in [-0.1, -0.05) is 24.3 Å². The molecule has 2 aromatic rings. The fourth-order valence-electron chi connectivity index (χ4n) is 2.33. The Labute approximate surface area is 158 Å². The molecule has 0 spiro atoms. The van der Waals surface area contributed by atoms with Crippen LogP contribution in [-0.2, 0) is 17.9 Å². The van der Waals surface area contributed by atoms with Crippen LogP contribution in [0.1, 0.15) is 23.6 Å². The Morgan fingerprint density at radius 2 is 2.00 bits per heavy atom. The molecule has 2 rings (SSSR count). The van der Waals surface area contributed by atoms with Crippen LogP contribution < -0.4 is 21.1 Å². The summed E-state index contributed by atoms with van der Waals surface area (Å²) in [5.41, 5.74) is 7.47. The number of nitrogens with two attached hydrogens (primary N) is 1. The summed E-state index contributed by atoms with van der Waals surface area (Å²) in [6.45, 7) is 5.14. The van der Waals surface area contributed by atoms with E-state index in [4.69, 9.17) is 10.5 Å². The van der Waals surface area contributed by atoms with Gasteiger partial charge in [0.25, 0.3) is 5.91 Å². The van der Waals surface area contributed by atoms with Gasteiger partial charge in [0.05, 0.1) is 6.54 Å². The minimum absolute atomic E-state index is 0.163. The first-order valence-corrected chi connectivity index (χ1v) is 8.75. The number of rotatable bonds is 8. The smallest absolute Gasteiger partial charge is 0.255 e. The number of aryl methyl sites for hydroxylation is 1. The van der Waals surface area contributed by atoms with Gasteiger partial charge in [-0.25, -0.2) is 9.38 Å². The molecule has 0 aliphatic heterocycles. The highest BCUT2D eigenvalue weighted by atomic mass is 19.1. The zero-order valence-corrected chi connectivity index (χ0v) is 15.6. The van der Waals surface area contributed by atoms with E-state index in [2.05, 4.69) is 15.6 Å². The number of primary amides is 1. The lowest BCUT2D eigenvalue weighted by molar-refractivity contribution is -0.119. The van der Waals surface area contributed by atoms with Gasteiger partial charge in [-0.2, -0.15) is 0 Å². The van der Waals surface area contributed by atoms with E-state index < -0.39 is 5.91 Å². The number of hydrogen-bond acceptors (Lipinski definition) is 3. The molecule has 1 amide bonds. The van der Waals surface area contributed by atoms with Crippen molar-refractivity contribution in [3.05, 3.63) is 65.0 Å². The van der Waals surface area contributed by atoms with Crippen molar-refractivity contribution in [2.45, 2.75) is 26.9 Å². The highest BCUT2D eigenvalue weighted by Crippen LogP contribution is 2.14. The van der Waals surface area contributed by atoms with Gasteiger partial charge in [0.2, 0.25) is 0 Å². The molecule has 144 valence electrons. The van der Waals surface area contributed by atoms with E-state index in [1.165, 1.54) is 6.07 Å². The van der Waals surface area contributed by atoms with Crippen LogP contribution in [0.25, 0.3) is 0 Å². The van der Waals surface area contributed by atoms with Crippen molar-refractivity contribution in [2.75, 3.05) is 13.2 Å². The monoisotopic (exact) mass is 372 g/mol. The van der Waals surface area contributed by atoms with Crippen molar-refractivity contribution in [3.8, 4) is 5.75 Å². The minimum atomic E-state index is -0.524. The standard InChI is InChI=1S/C20H25FN4O2/c1-3-23-20(25-12-16-8-7-14(2)18(21)10-16)24-11-15-5-4-6-17(9-15)27-13-19(22)26/h4-10H,3,11-13H2,1-2H3,(H2,22,26)(H2,23,24,25). The zero-order valence-electron chi connectivity index (χ0n) is 15.6. The molecule has 0 aliphatic rings. The fraction of sp³-hybridized carbons (Fsp3) is 0.300. The van der Waals surface area contributed by atoms with Gasteiger partial charge in [-0.05, 0) is 48.7 Å². The fourth-order valence-corrected chi connectivity index (χ4v) is 2.33. The maximum absolute atomic E-state index is 13.7. The molecule has 0 heterocycles. The van der Waals surface area contributed by atoms with Crippen LogP contribution in [0.15, 0.2) is 47.5 Å². The first kappa shape index (κ1) is 20.2. The number of halogens is 1. The Hall–Kier alpha value is -3.09. The first-order valence-electron chi connectivity index (χ1n) is 8.75. The molecule has 0 radical (unpaired) electrons. The number of carbonyl (C=O) groups excluding carboxylic acids is 1. The van der Waals surface area contributed by atoms with Gasteiger partial charge in [0, 0.05) is 13.1 Å². The van der Waals surface area contributed by atoms with Crippen LogP contribution in [0.5, 0.6) is 5.75 Å². The van der Waals surface area contributed by atoms with E-state index in [1.807, 2.05) is 31.2 Å². The van der Waals surface area contributed by atoms with E-state index in [9.17, 15) is 9.18 Å². The number of ether oxygens (including phenoxy) is 1. The van der Waals surface area contributed by atoms with Crippen molar-refractivity contribution < 1.29 is 13.9 Å². The van der Waals surface area contributed by atoms with Gasteiger partial charge in [0.1, 0.15) is 11.6 Å². The topological polar surface area (TPSA) is 88.7 Å². The summed E-state index contributed by atoms with van der Waals surface area (Å²) in [7, 11) is 0. The van der Waals surface area contributed by atoms with Gasteiger partial charge >= 0.3 is 0 Å². The van der Waals surface area contributed by atoms with E-state index in [1.54, 1.807) is 19.1 Å². The number of guanidine groups is 1. The van der Waals surface area contributed by atoms with Crippen molar-refractivity contribution in [2.24, 2.45) is 10.7 Å². The molecule has 0 aromatic heterocycles. The van der Waals surface area contributed by atoms with E-state index in [0.717, 1.165) is 11.1 Å². The second-order valence-corrected chi connectivity index (χ2v) is 6.03. The average Bonchev–Trinajstić information content (AvgIpc) is 2.65. The Kier molecular flexibility index (Phi) is 7.61. The normalized spacial score (nSPS) is 11.1. The number of aliphatic imine (C=N–C) groups is 1. The van der Waals surface area contributed by atoms with Gasteiger partial charge < -0.3 is 21.1 Å². The summed E-state index contributed by atoms with van der Waals surface area (Å²) < 4.78 is 19.0. The Morgan fingerprint density at radius 1 is 1.19 bits per heavy atom. The molecule has 0 saturated heterocycles. The predicted molar refractivity (Wildman–Crippen MR) is 104 cm³/mol. The number of amides is 1. The quantitative estimate of drug-likeness (QED) is 0.490. The third-order valence-corrected chi connectivity index (χ3v) is 3.74. The number of carbonyl (C=O) groups is 1. The lowest BCUT2D eigenvalue weighted by Gasteiger charge is -2.12. The minimum Gasteiger partial charge on any atom is -0.484 e. The third-order valence-electron chi connectivity index (χ3n) is 3.74. The SMILES string of the molecule is CCNC(=NCc1cccc(OCC(N)=O)c1)NCc1ccc(C)c(F)c1. The predicted octanol–water partition coefficient (Wildman–Crippen LogP) is 2.25. The molecule has 0 saturated carbocycles. The van der Waals surface area contributed by atoms with Gasteiger partial charge in [-0.15, -0.1) is 0 Å². The number of benzene rings is 2. The van der Waals surface area contributed by atoms with Crippen LogP contribution >= 0.6 is 0 Å². The lowest BCUT2D eigenvalue weighted by Crippen LogP contribution is -2.36. The maximum Gasteiger partial charge on any atom is 0.255 e. The molecule has 6 nitrogen and oxygen atoms in total.